The molecule has 2 N–H and O–H groups in total. The van der Waals surface area contributed by atoms with Gasteiger partial charge in [-0.2, -0.15) is 0 Å². The average molecular weight is 257 g/mol. The molecule has 1 aromatic carbocycles. The van der Waals surface area contributed by atoms with Gasteiger partial charge in [0.05, 0.1) is 18.2 Å². The Labute approximate surface area is 113 Å². The molecule has 19 heavy (non-hydrogen) atoms. The van der Waals surface area contributed by atoms with Crippen LogP contribution in [0.4, 0.5) is 5.69 Å². The van der Waals surface area contributed by atoms with E-state index in [9.17, 15) is 4.79 Å². The summed E-state index contributed by atoms with van der Waals surface area (Å²) in [6.07, 6.45) is 3.93. The third-order valence-electron chi connectivity index (χ3n) is 2.67. The monoisotopic (exact) mass is 257 g/mol. The Kier molecular flexibility index (Phi) is 3.69. The molecule has 1 heterocycles. The van der Waals surface area contributed by atoms with E-state index in [0.29, 0.717) is 6.42 Å². The SMILES string of the molecule is CC(C)(C)CC(=O)Nc1ccc(-c2cnc[nH]2)cc1. The van der Waals surface area contributed by atoms with E-state index in [4.69, 9.17) is 0 Å². The molecule has 0 aliphatic heterocycles. The van der Waals surface area contributed by atoms with Gasteiger partial charge in [-0.25, -0.2) is 4.98 Å². The number of hydrogen-bond donors (Lipinski definition) is 2. The van der Waals surface area contributed by atoms with Gasteiger partial charge in [-0.15, -0.1) is 0 Å². The van der Waals surface area contributed by atoms with Gasteiger partial charge in [-0.1, -0.05) is 32.9 Å². The largest absolute Gasteiger partial charge is 0.345 e. The second-order valence-electron chi connectivity index (χ2n) is 5.83. The molecule has 1 aromatic heterocycles. The van der Waals surface area contributed by atoms with Gasteiger partial charge in [-0.3, -0.25) is 4.79 Å². The van der Waals surface area contributed by atoms with Crippen molar-refractivity contribution in [3.05, 3.63) is 36.8 Å². The van der Waals surface area contributed by atoms with Gasteiger partial charge in [0, 0.05) is 12.1 Å². The van der Waals surface area contributed by atoms with Crippen LogP contribution in [-0.4, -0.2) is 15.9 Å². The van der Waals surface area contributed by atoms with Crippen LogP contribution in [0.3, 0.4) is 0 Å². The fourth-order valence-corrected chi connectivity index (χ4v) is 1.83. The number of amides is 1. The Bertz CT molecular complexity index is 536. The van der Waals surface area contributed by atoms with Gasteiger partial charge in [-0.05, 0) is 23.1 Å². The Balaban J connectivity index is 2.01. The summed E-state index contributed by atoms with van der Waals surface area (Å²) in [7, 11) is 0. The molecule has 4 nitrogen and oxygen atoms in total. The molecule has 100 valence electrons. The van der Waals surface area contributed by atoms with E-state index in [0.717, 1.165) is 16.9 Å². The zero-order valence-electron chi connectivity index (χ0n) is 11.5. The van der Waals surface area contributed by atoms with Crippen molar-refractivity contribution in [2.75, 3.05) is 5.32 Å². The number of aromatic nitrogens is 2. The molecule has 0 saturated carbocycles. The first-order valence-corrected chi connectivity index (χ1v) is 6.33. The predicted octanol–water partition coefficient (Wildman–Crippen LogP) is 3.45. The van der Waals surface area contributed by atoms with Gasteiger partial charge >= 0.3 is 0 Å². The van der Waals surface area contributed by atoms with E-state index in [2.05, 4.69) is 15.3 Å². The zero-order valence-corrected chi connectivity index (χ0v) is 11.5. The summed E-state index contributed by atoms with van der Waals surface area (Å²) in [6.45, 7) is 6.15. The number of H-pyrrole nitrogens is 1. The first kappa shape index (κ1) is 13.3. The van der Waals surface area contributed by atoms with Crippen LogP contribution in [0.25, 0.3) is 11.3 Å². The Morgan fingerprint density at radius 1 is 1.26 bits per heavy atom. The molecule has 0 saturated heterocycles. The number of rotatable bonds is 3. The molecule has 2 aromatic rings. The van der Waals surface area contributed by atoms with Gasteiger partial charge in [0.1, 0.15) is 0 Å². The van der Waals surface area contributed by atoms with E-state index < -0.39 is 0 Å². The molecule has 0 aliphatic rings. The fraction of sp³-hybridized carbons (Fsp3) is 0.333. The maximum atomic E-state index is 11.8. The zero-order chi connectivity index (χ0) is 13.9. The van der Waals surface area contributed by atoms with Crippen molar-refractivity contribution in [2.45, 2.75) is 27.2 Å². The standard InChI is InChI=1S/C15H19N3O/c1-15(2,3)8-14(19)18-12-6-4-11(5-7-12)13-9-16-10-17-13/h4-7,9-10H,8H2,1-3H3,(H,16,17)(H,18,19). The number of nitrogens with one attached hydrogen (secondary N) is 2. The van der Waals surface area contributed by atoms with Crippen molar-refractivity contribution < 1.29 is 4.79 Å². The topological polar surface area (TPSA) is 57.8 Å². The van der Waals surface area contributed by atoms with E-state index >= 15 is 0 Å². The molecule has 2 rings (SSSR count). The van der Waals surface area contributed by atoms with Crippen LogP contribution >= 0.6 is 0 Å². The second kappa shape index (κ2) is 5.26. The van der Waals surface area contributed by atoms with Crippen molar-refractivity contribution in [1.29, 1.82) is 0 Å². The maximum Gasteiger partial charge on any atom is 0.224 e. The minimum Gasteiger partial charge on any atom is -0.345 e. The Morgan fingerprint density at radius 2 is 1.95 bits per heavy atom. The predicted molar refractivity (Wildman–Crippen MR) is 76.7 cm³/mol. The lowest BCUT2D eigenvalue weighted by Crippen LogP contribution is -2.19. The fourth-order valence-electron chi connectivity index (χ4n) is 1.83. The molecule has 0 radical (unpaired) electrons. The lowest BCUT2D eigenvalue weighted by molar-refractivity contribution is -0.117. The second-order valence-corrected chi connectivity index (χ2v) is 5.83. The highest BCUT2D eigenvalue weighted by Gasteiger charge is 2.15. The Morgan fingerprint density at radius 3 is 2.47 bits per heavy atom. The highest BCUT2D eigenvalue weighted by molar-refractivity contribution is 5.91. The molecule has 4 heteroatoms. The summed E-state index contributed by atoms with van der Waals surface area (Å²) in [5, 5.41) is 2.91. The molecule has 0 atom stereocenters. The molecule has 0 aliphatic carbocycles. The molecule has 0 spiro atoms. The Hall–Kier alpha value is -2.10. The summed E-state index contributed by atoms with van der Waals surface area (Å²) in [5.41, 5.74) is 2.83. The quantitative estimate of drug-likeness (QED) is 0.884. The number of aromatic amines is 1. The molecule has 0 unspecified atom stereocenters. The van der Waals surface area contributed by atoms with Crippen molar-refractivity contribution in [3.63, 3.8) is 0 Å². The van der Waals surface area contributed by atoms with Gasteiger partial charge in [0.2, 0.25) is 5.91 Å². The van der Waals surface area contributed by atoms with Gasteiger partial charge in [0.15, 0.2) is 0 Å². The van der Waals surface area contributed by atoms with Crippen molar-refractivity contribution >= 4 is 11.6 Å². The molecule has 0 fully saturated rings. The summed E-state index contributed by atoms with van der Waals surface area (Å²) in [5.74, 6) is 0.0433. The van der Waals surface area contributed by atoms with E-state index in [1.54, 1.807) is 12.5 Å². The van der Waals surface area contributed by atoms with Crippen LogP contribution in [0.2, 0.25) is 0 Å². The van der Waals surface area contributed by atoms with Gasteiger partial charge < -0.3 is 10.3 Å². The average Bonchev–Trinajstić information content (AvgIpc) is 2.80. The minimum absolute atomic E-state index is 0.0000575. The number of imidazole rings is 1. The number of carbonyl (C=O) groups is 1. The highest BCUT2D eigenvalue weighted by atomic mass is 16.1. The summed E-state index contributed by atoms with van der Waals surface area (Å²) < 4.78 is 0. The highest BCUT2D eigenvalue weighted by Crippen LogP contribution is 2.21. The smallest absolute Gasteiger partial charge is 0.224 e. The van der Waals surface area contributed by atoms with E-state index in [-0.39, 0.29) is 11.3 Å². The van der Waals surface area contributed by atoms with Crippen LogP contribution < -0.4 is 5.32 Å². The van der Waals surface area contributed by atoms with E-state index in [1.807, 2.05) is 45.0 Å². The number of anilines is 1. The van der Waals surface area contributed by atoms with E-state index in [1.165, 1.54) is 0 Å². The van der Waals surface area contributed by atoms with Crippen molar-refractivity contribution in [3.8, 4) is 11.3 Å². The molecular weight excluding hydrogens is 238 g/mol. The van der Waals surface area contributed by atoms with Crippen LogP contribution in [0.5, 0.6) is 0 Å². The molecular formula is C15H19N3O. The lowest BCUT2D eigenvalue weighted by atomic mass is 9.92. The van der Waals surface area contributed by atoms with Crippen LogP contribution in [0, 0.1) is 5.41 Å². The number of carbonyl (C=O) groups excluding carboxylic acids is 1. The van der Waals surface area contributed by atoms with Crippen LogP contribution in [0.1, 0.15) is 27.2 Å². The first-order chi connectivity index (χ1) is 8.94. The first-order valence-electron chi connectivity index (χ1n) is 6.33. The maximum absolute atomic E-state index is 11.8. The summed E-state index contributed by atoms with van der Waals surface area (Å²) in [4.78, 5) is 18.8. The summed E-state index contributed by atoms with van der Waals surface area (Å²) >= 11 is 0. The third kappa shape index (κ3) is 3.95. The number of hydrogen-bond acceptors (Lipinski definition) is 2. The van der Waals surface area contributed by atoms with Gasteiger partial charge in [0.25, 0.3) is 0 Å². The summed E-state index contributed by atoms with van der Waals surface area (Å²) in [6, 6.07) is 7.72. The van der Waals surface area contributed by atoms with Crippen molar-refractivity contribution in [2.24, 2.45) is 5.41 Å². The normalized spacial score (nSPS) is 11.3. The molecule has 0 bridgehead atoms. The third-order valence-corrected chi connectivity index (χ3v) is 2.67. The minimum atomic E-state index is -0.0000575. The van der Waals surface area contributed by atoms with Crippen LogP contribution in [-0.2, 0) is 4.79 Å². The number of nitrogens with zero attached hydrogens (tertiary/aromatic N) is 1. The van der Waals surface area contributed by atoms with Crippen LogP contribution in [0.15, 0.2) is 36.8 Å². The molecule has 1 amide bonds. The van der Waals surface area contributed by atoms with Crippen molar-refractivity contribution in [1.82, 2.24) is 9.97 Å². The number of benzene rings is 1. The lowest BCUT2D eigenvalue weighted by Gasteiger charge is -2.17.